The summed E-state index contributed by atoms with van der Waals surface area (Å²) in [4.78, 5) is 0. The first kappa shape index (κ1) is 32.6. The molecule has 16 heteroatoms. The molecule has 7 rings (SSSR count). The minimum Gasteiger partial charge on any atom is -0.416 e. The van der Waals surface area contributed by atoms with E-state index in [0.717, 1.165) is 20.7 Å². The Labute approximate surface area is 278 Å². The number of fused-ring (bicyclic) bond motifs is 4. The topological polar surface area (TPSA) is 83.1 Å². The van der Waals surface area contributed by atoms with Gasteiger partial charge in [0, 0.05) is 20.7 Å². The van der Waals surface area contributed by atoms with Gasteiger partial charge in [-0.25, -0.2) is 0 Å². The predicted octanol–water partition coefficient (Wildman–Crippen LogP) is 3.67. The van der Waals surface area contributed by atoms with Crippen molar-refractivity contribution >= 4 is 81.6 Å². The Balaban J connectivity index is 1.59. The van der Waals surface area contributed by atoms with E-state index in [4.69, 9.17) is 37.0 Å². The molecule has 4 aromatic rings. The summed E-state index contributed by atoms with van der Waals surface area (Å²) in [6.07, 6.45) is 0. The van der Waals surface area contributed by atoms with Crippen LogP contribution in [0, 0.1) is 0 Å². The lowest BCUT2D eigenvalue weighted by Crippen LogP contribution is -2.88. The smallest absolute Gasteiger partial charge is 0.416 e. The van der Waals surface area contributed by atoms with Gasteiger partial charge in [0.1, 0.15) is 0 Å². The van der Waals surface area contributed by atoms with E-state index >= 15 is 0 Å². The van der Waals surface area contributed by atoms with Gasteiger partial charge in [0.05, 0.1) is 0 Å². The lowest BCUT2D eigenvalue weighted by atomic mass is 10.4. The van der Waals surface area contributed by atoms with Crippen molar-refractivity contribution in [1.82, 2.24) is 0 Å². The summed E-state index contributed by atoms with van der Waals surface area (Å²) in [5.41, 5.74) is 0. The first-order chi connectivity index (χ1) is 21.8. The fourth-order valence-corrected chi connectivity index (χ4v) is 43.1. The normalized spacial score (nSPS) is 33.1. The molecular weight excluding hydrogens is 701 g/mol. The maximum absolute atomic E-state index is 7.57. The van der Waals surface area contributed by atoms with Gasteiger partial charge >= 0.3 is 60.9 Å². The van der Waals surface area contributed by atoms with E-state index in [9.17, 15) is 0 Å². The summed E-state index contributed by atoms with van der Waals surface area (Å²) >= 11 is 0. The van der Waals surface area contributed by atoms with Crippen LogP contribution in [0.5, 0.6) is 0 Å². The third kappa shape index (κ3) is 6.07. The molecule has 3 saturated heterocycles. The van der Waals surface area contributed by atoms with Crippen molar-refractivity contribution in [1.29, 1.82) is 0 Å². The summed E-state index contributed by atoms with van der Waals surface area (Å²) < 4.78 is 65.7. The summed E-state index contributed by atoms with van der Waals surface area (Å²) in [5, 5.41) is 3.04. The van der Waals surface area contributed by atoms with Crippen molar-refractivity contribution in [2.45, 2.75) is 39.3 Å². The Hall–Kier alpha value is -1.96. The molecule has 0 aromatic heterocycles. The Kier molecular flexibility index (Phi) is 8.20. The van der Waals surface area contributed by atoms with Crippen LogP contribution in [0.3, 0.4) is 0 Å². The fraction of sp³-hybridized carbons (Fsp3) is 0.200. The molecule has 240 valence electrons. The maximum Gasteiger partial charge on any atom is 0.514 e. The van der Waals surface area contributed by atoms with Gasteiger partial charge in [0.15, 0.2) is 0 Å². The van der Waals surface area contributed by atoms with Crippen molar-refractivity contribution in [3.63, 3.8) is 0 Å². The zero-order valence-electron chi connectivity index (χ0n) is 26.7. The molecule has 0 N–H and O–H groups in total. The number of hydrogen-bond donors (Lipinski definition) is 0. The van der Waals surface area contributed by atoms with Crippen molar-refractivity contribution in [3.8, 4) is 0 Å². The molecule has 4 atom stereocenters. The molecule has 46 heavy (non-hydrogen) atoms. The van der Waals surface area contributed by atoms with Crippen LogP contribution in [0.4, 0.5) is 0 Å². The molecule has 9 nitrogen and oxygen atoms in total. The van der Waals surface area contributed by atoms with Crippen LogP contribution in [-0.2, 0) is 37.0 Å². The van der Waals surface area contributed by atoms with Gasteiger partial charge in [-0.05, 0) is 39.3 Å². The fourth-order valence-electron chi connectivity index (χ4n) is 6.18. The second kappa shape index (κ2) is 11.6. The molecule has 0 spiro atoms. The van der Waals surface area contributed by atoms with Gasteiger partial charge in [-0.15, -0.1) is 0 Å². The highest BCUT2D eigenvalue weighted by Gasteiger charge is 2.76. The highest BCUT2D eigenvalue weighted by Crippen LogP contribution is 2.42. The molecule has 3 fully saturated rings. The molecule has 0 saturated carbocycles. The van der Waals surface area contributed by atoms with Crippen LogP contribution in [0.15, 0.2) is 121 Å². The van der Waals surface area contributed by atoms with Gasteiger partial charge in [0.2, 0.25) is 0 Å². The van der Waals surface area contributed by atoms with Gasteiger partial charge in [-0.1, -0.05) is 121 Å². The Bertz CT molecular complexity index is 1560. The van der Waals surface area contributed by atoms with Crippen molar-refractivity contribution in [3.05, 3.63) is 121 Å². The van der Waals surface area contributed by atoms with Crippen molar-refractivity contribution in [2.75, 3.05) is 0 Å². The average Bonchev–Trinajstić information content (AvgIpc) is 3.00. The second-order valence-electron chi connectivity index (χ2n) is 12.8. The minimum absolute atomic E-state index is 0.746. The van der Waals surface area contributed by atoms with Crippen LogP contribution in [0.2, 0.25) is 39.3 Å². The molecule has 3 aliphatic rings. The van der Waals surface area contributed by atoms with Crippen molar-refractivity contribution < 1.29 is 37.0 Å². The largest absolute Gasteiger partial charge is 0.514 e. The SMILES string of the molecule is C[Si]1(C)O[Si](C)(C)O[Si]2(c3ccccc3)O[Si](c3ccccc3)(O1)O[Si]1(c3ccccc3)O[Si](C)(C)O[Si](c3ccccc3)(O2)O1. The van der Waals surface area contributed by atoms with Crippen LogP contribution < -0.4 is 20.7 Å². The average molecular weight is 739 g/mol. The zero-order valence-corrected chi connectivity index (χ0v) is 33.7. The Morgan fingerprint density at radius 2 is 0.457 bits per heavy atom. The third-order valence-electron chi connectivity index (χ3n) is 7.60. The van der Waals surface area contributed by atoms with Crippen LogP contribution in [0.25, 0.3) is 0 Å². The molecule has 0 amide bonds. The number of benzene rings is 4. The van der Waals surface area contributed by atoms with E-state index < -0.39 is 60.9 Å². The molecule has 4 unspecified atom stereocenters. The summed E-state index contributed by atoms with van der Waals surface area (Å²) in [6, 6.07) is 39.3. The highest BCUT2D eigenvalue weighted by molar-refractivity contribution is 7.08. The lowest BCUT2D eigenvalue weighted by Gasteiger charge is -2.57. The molecule has 0 radical (unpaired) electrons. The first-order valence-corrected chi connectivity index (χ1v) is 30.7. The first-order valence-electron chi connectivity index (χ1n) is 15.3. The van der Waals surface area contributed by atoms with E-state index in [1.807, 2.05) is 161 Å². The highest BCUT2D eigenvalue weighted by atomic mass is 28.6. The minimum atomic E-state index is -4.09. The van der Waals surface area contributed by atoms with E-state index in [0.29, 0.717) is 0 Å². The van der Waals surface area contributed by atoms with E-state index in [2.05, 4.69) is 0 Å². The zero-order chi connectivity index (χ0) is 32.3. The van der Waals surface area contributed by atoms with E-state index in [1.165, 1.54) is 0 Å². The second-order valence-corrected chi connectivity index (χ2v) is 35.3. The van der Waals surface area contributed by atoms with Crippen LogP contribution in [0.1, 0.15) is 0 Å². The molecule has 3 aliphatic heterocycles. The lowest BCUT2D eigenvalue weighted by molar-refractivity contribution is 0.0614. The monoisotopic (exact) mass is 738 g/mol. The maximum atomic E-state index is 7.57. The molecular formula is C30H38O9Si7. The van der Waals surface area contributed by atoms with Gasteiger partial charge in [-0.2, -0.15) is 0 Å². The Morgan fingerprint density at radius 1 is 0.261 bits per heavy atom. The van der Waals surface area contributed by atoms with E-state index in [1.54, 1.807) is 0 Å². The van der Waals surface area contributed by atoms with Crippen LogP contribution >= 0.6 is 0 Å². The Morgan fingerprint density at radius 3 is 0.674 bits per heavy atom. The summed E-state index contributed by atoms with van der Waals surface area (Å²) in [7, 11) is -25.1. The van der Waals surface area contributed by atoms with E-state index in [-0.39, 0.29) is 0 Å². The third-order valence-corrected chi connectivity index (χ3v) is 36.5. The molecule has 3 heterocycles. The van der Waals surface area contributed by atoms with Crippen molar-refractivity contribution in [2.24, 2.45) is 0 Å². The quantitative estimate of drug-likeness (QED) is 0.292. The number of hydrogen-bond acceptors (Lipinski definition) is 9. The summed E-state index contributed by atoms with van der Waals surface area (Å²) in [6.45, 7) is 12.1. The molecule has 4 aromatic carbocycles. The van der Waals surface area contributed by atoms with Gasteiger partial charge in [0.25, 0.3) is 0 Å². The standard InChI is InChI=1S/C30H38O9Si7/c1-40(2)31-41(3,4)33-44(28-21-13-8-14-22-28)36-43(32-40,27-19-11-7-12-20-27)37-45(29-23-15-9-16-24-29)34-42(5,6)35-46(38-44,39-45)30-25-17-10-18-26-30/h7-26H,1-6H3. The molecule has 0 aliphatic carbocycles. The van der Waals surface area contributed by atoms with Gasteiger partial charge in [-0.3, -0.25) is 0 Å². The number of rotatable bonds is 4. The predicted molar refractivity (Wildman–Crippen MR) is 190 cm³/mol. The van der Waals surface area contributed by atoms with Crippen LogP contribution in [-0.4, -0.2) is 60.9 Å². The van der Waals surface area contributed by atoms with Gasteiger partial charge < -0.3 is 37.0 Å². The molecule has 4 bridgehead atoms. The summed E-state index contributed by atoms with van der Waals surface area (Å²) in [5.74, 6) is 0.